The van der Waals surface area contributed by atoms with Gasteiger partial charge in [-0.3, -0.25) is 4.98 Å². The van der Waals surface area contributed by atoms with Crippen molar-refractivity contribution < 1.29 is 0 Å². The zero-order valence-electron chi connectivity index (χ0n) is 7.91. The topological polar surface area (TPSA) is 38.7 Å². The van der Waals surface area contributed by atoms with E-state index in [1.54, 1.807) is 31.5 Å². The number of pyridine rings is 1. The van der Waals surface area contributed by atoms with Crippen molar-refractivity contribution in [3.05, 3.63) is 40.4 Å². The van der Waals surface area contributed by atoms with Gasteiger partial charge in [0.15, 0.2) is 5.82 Å². The molecule has 76 valence electrons. The van der Waals surface area contributed by atoms with E-state index < -0.39 is 0 Å². The molecule has 0 saturated heterocycles. The molecule has 0 aliphatic rings. The number of rotatable bonds is 1. The van der Waals surface area contributed by atoms with Gasteiger partial charge in [-0.1, -0.05) is 23.2 Å². The number of hydrogen-bond acceptors (Lipinski definition) is 3. The van der Waals surface area contributed by atoms with Gasteiger partial charge in [0.05, 0.1) is 0 Å². The molecule has 0 aliphatic heterocycles. The maximum atomic E-state index is 5.92. The SMILES string of the molecule is Cc1c(Cl)nc(-c2ccncc2)nc1Cl. The van der Waals surface area contributed by atoms with Gasteiger partial charge >= 0.3 is 0 Å². The van der Waals surface area contributed by atoms with E-state index in [4.69, 9.17) is 23.2 Å². The summed E-state index contributed by atoms with van der Waals surface area (Å²) in [6.07, 6.45) is 3.33. The lowest BCUT2D eigenvalue weighted by Crippen LogP contribution is -1.93. The van der Waals surface area contributed by atoms with Gasteiger partial charge in [0, 0.05) is 23.5 Å². The Labute approximate surface area is 97.1 Å². The molecular formula is C10H7Cl2N3. The van der Waals surface area contributed by atoms with E-state index in [1.807, 2.05) is 0 Å². The average Bonchev–Trinajstić information content (AvgIpc) is 2.26. The van der Waals surface area contributed by atoms with Crippen LogP contribution in [0, 0.1) is 6.92 Å². The first-order valence-electron chi connectivity index (χ1n) is 4.28. The summed E-state index contributed by atoms with van der Waals surface area (Å²) in [6.45, 7) is 1.78. The van der Waals surface area contributed by atoms with Crippen LogP contribution >= 0.6 is 23.2 Å². The van der Waals surface area contributed by atoms with Gasteiger partial charge in [-0.2, -0.15) is 0 Å². The minimum Gasteiger partial charge on any atom is -0.265 e. The van der Waals surface area contributed by atoms with Crippen LogP contribution in [0.25, 0.3) is 11.4 Å². The van der Waals surface area contributed by atoms with Crippen molar-refractivity contribution in [3.63, 3.8) is 0 Å². The van der Waals surface area contributed by atoms with Crippen LogP contribution in [0.15, 0.2) is 24.5 Å². The Morgan fingerprint density at radius 1 is 1.00 bits per heavy atom. The molecule has 2 aromatic heterocycles. The Morgan fingerprint density at radius 2 is 1.53 bits per heavy atom. The summed E-state index contributed by atoms with van der Waals surface area (Å²) >= 11 is 11.8. The van der Waals surface area contributed by atoms with Crippen LogP contribution in [0.1, 0.15) is 5.56 Å². The summed E-state index contributed by atoms with van der Waals surface area (Å²) in [7, 11) is 0. The molecule has 2 aromatic rings. The van der Waals surface area contributed by atoms with Crippen LogP contribution in [0.4, 0.5) is 0 Å². The number of halogens is 2. The van der Waals surface area contributed by atoms with E-state index in [1.165, 1.54) is 0 Å². The van der Waals surface area contributed by atoms with Crippen LogP contribution in [-0.4, -0.2) is 15.0 Å². The van der Waals surface area contributed by atoms with Crippen LogP contribution in [-0.2, 0) is 0 Å². The predicted molar refractivity (Wildman–Crippen MR) is 60.0 cm³/mol. The van der Waals surface area contributed by atoms with E-state index in [2.05, 4.69) is 15.0 Å². The molecule has 0 spiro atoms. The predicted octanol–water partition coefficient (Wildman–Crippen LogP) is 3.15. The molecule has 0 fully saturated rings. The lowest BCUT2D eigenvalue weighted by molar-refractivity contribution is 1.13. The Bertz CT molecular complexity index is 462. The normalized spacial score (nSPS) is 10.3. The maximum Gasteiger partial charge on any atom is 0.162 e. The van der Waals surface area contributed by atoms with Gasteiger partial charge in [0.2, 0.25) is 0 Å². The van der Waals surface area contributed by atoms with Crippen LogP contribution < -0.4 is 0 Å². The van der Waals surface area contributed by atoms with Gasteiger partial charge in [-0.15, -0.1) is 0 Å². The second kappa shape index (κ2) is 4.13. The lowest BCUT2D eigenvalue weighted by Gasteiger charge is -2.03. The standard InChI is InChI=1S/C10H7Cl2N3/c1-6-8(11)14-10(15-9(6)12)7-2-4-13-5-3-7/h2-5H,1H3. The second-order valence-electron chi connectivity index (χ2n) is 2.99. The first-order valence-corrected chi connectivity index (χ1v) is 5.04. The molecule has 5 heteroatoms. The summed E-state index contributed by atoms with van der Waals surface area (Å²) in [5.41, 5.74) is 1.53. The highest BCUT2D eigenvalue weighted by molar-refractivity contribution is 6.34. The first kappa shape index (κ1) is 10.3. The minimum absolute atomic E-state index is 0.377. The fourth-order valence-corrected chi connectivity index (χ4v) is 1.48. The summed E-state index contributed by atoms with van der Waals surface area (Å²) < 4.78 is 0. The Kier molecular flexibility index (Phi) is 2.84. The largest absolute Gasteiger partial charge is 0.265 e. The molecule has 3 nitrogen and oxygen atoms in total. The highest BCUT2D eigenvalue weighted by atomic mass is 35.5. The molecule has 2 rings (SSSR count). The molecule has 0 aromatic carbocycles. The summed E-state index contributed by atoms with van der Waals surface area (Å²) in [5, 5.41) is 0.753. The fraction of sp³-hybridized carbons (Fsp3) is 0.100. The van der Waals surface area contributed by atoms with Crippen LogP contribution in [0.5, 0.6) is 0 Å². The molecule has 0 bridgehead atoms. The molecule has 2 heterocycles. The summed E-state index contributed by atoms with van der Waals surface area (Å²) in [5.74, 6) is 0.512. The molecule has 0 atom stereocenters. The molecule has 0 N–H and O–H groups in total. The van der Waals surface area contributed by atoms with Crippen molar-refractivity contribution in [2.24, 2.45) is 0 Å². The van der Waals surface area contributed by atoms with Crippen molar-refractivity contribution in [2.45, 2.75) is 6.92 Å². The molecule has 0 aliphatic carbocycles. The van der Waals surface area contributed by atoms with Crippen molar-refractivity contribution >= 4 is 23.2 Å². The molecule has 0 amide bonds. The molecule has 0 unspecified atom stereocenters. The summed E-state index contributed by atoms with van der Waals surface area (Å²) in [6, 6.07) is 3.61. The minimum atomic E-state index is 0.377. The third-order valence-corrected chi connectivity index (χ3v) is 2.70. The van der Waals surface area contributed by atoms with Crippen molar-refractivity contribution in [1.82, 2.24) is 15.0 Å². The molecule has 0 saturated carbocycles. The fourth-order valence-electron chi connectivity index (χ4n) is 1.09. The molecular weight excluding hydrogens is 233 g/mol. The van der Waals surface area contributed by atoms with Crippen LogP contribution in [0.3, 0.4) is 0 Å². The van der Waals surface area contributed by atoms with Crippen molar-refractivity contribution in [3.8, 4) is 11.4 Å². The Morgan fingerprint density at radius 3 is 2.07 bits per heavy atom. The molecule has 0 radical (unpaired) electrons. The average molecular weight is 240 g/mol. The highest BCUT2D eigenvalue weighted by Crippen LogP contribution is 2.23. The number of aromatic nitrogens is 3. The van der Waals surface area contributed by atoms with E-state index in [-0.39, 0.29) is 0 Å². The summed E-state index contributed by atoms with van der Waals surface area (Å²) in [4.78, 5) is 12.2. The van der Waals surface area contributed by atoms with Gasteiger partial charge in [0.1, 0.15) is 10.3 Å². The monoisotopic (exact) mass is 239 g/mol. The van der Waals surface area contributed by atoms with Crippen LogP contribution in [0.2, 0.25) is 10.3 Å². The number of hydrogen-bond donors (Lipinski definition) is 0. The quantitative estimate of drug-likeness (QED) is 0.718. The van der Waals surface area contributed by atoms with Gasteiger partial charge < -0.3 is 0 Å². The maximum absolute atomic E-state index is 5.92. The van der Waals surface area contributed by atoms with E-state index in [9.17, 15) is 0 Å². The smallest absolute Gasteiger partial charge is 0.162 e. The first-order chi connectivity index (χ1) is 7.18. The second-order valence-corrected chi connectivity index (χ2v) is 3.71. The Balaban J connectivity index is 2.56. The third kappa shape index (κ3) is 2.08. The lowest BCUT2D eigenvalue weighted by atomic mass is 10.2. The van der Waals surface area contributed by atoms with E-state index >= 15 is 0 Å². The third-order valence-electron chi connectivity index (χ3n) is 1.97. The van der Waals surface area contributed by atoms with Crippen molar-refractivity contribution in [1.29, 1.82) is 0 Å². The van der Waals surface area contributed by atoms with Gasteiger partial charge in [-0.05, 0) is 19.1 Å². The van der Waals surface area contributed by atoms with E-state index in [0.717, 1.165) is 5.56 Å². The zero-order valence-corrected chi connectivity index (χ0v) is 9.42. The Hall–Kier alpha value is -1.19. The van der Waals surface area contributed by atoms with Gasteiger partial charge in [-0.25, -0.2) is 9.97 Å². The van der Waals surface area contributed by atoms with Gasteiger partial charge in [0.25, 0.3) is 0 Å². The number of nitrogens with zero attached hydrogens (tertiary/aromatic N) is 3. The molecule has 15 heavy (non-hydrogen) atoms. The highest BCUT2D eigenvalue weighted by Gasteiger charge is 2.08. The zero-order chi connectivity index (χ0) is 10.8. The van der Waals surface area contributed by atoms with E-state index in [0.29, 0.717) is 21.7 Å². The van der Waals surface area contributed by atoms with Crippen molar-refractivity contribution in [2.75, 3.05) is 0 Å².